The van der Waals surface area contributed by atoms with Crippen molar-refractivity contribution in [1.82, 2.24) is 20.4 Å². The molecule has 45 heavy (non-hydrogen) atoms. The number of carbonyl (C=O) groups excluding carboxylic acids is 4. The van der Waals surface area contributed by atoms with Crippen LogP contribution in [0.1, 0.15) is 68.6 Å². The molecule has 3 heterocycles. The molecule has 2 N–H and O–H groups in total. The largest absolute Gasteiger partial charge is 0.378 e. The number of imide groups is 2. The summed E-state index contributed by atoms with van der Waals surface area (Å²) in [5, 5.41) is 9.79. The second-order valence-electron chi connectivity index (χ2n) is 11.8. The molecule has 230 valence electrons. The van der Waals surface area contributed by atoms with Crippen molar-refractivity contribution in [1.29, 1.82) is 0 Å². The molecule has 0 aliphatic carbocycles. The number of hydrogen-bond donors (Lipinski definition) is 2. The van der Waals surface area contributed by atoms with E-state index in [0.717, 1.165) is 29.5 Å². The fourth-order valence-corrected chi connectivity index (χ4v) is 6.95. The molecule has 4 aromatic rings. The molecule has 0 spiro atoms. The van der Waals surface area contributed by atoms with E-state index in [1.165, 1.54) is 9.80 Å². The smallest absolute Gasteiger partial charge is 0.262 e. The van der Waals surface area contributed by atoms with E-state index < -0.39 is 18.5 Å². The van der Waals surface area contributed by atoms with Crippen molar-refractivity contribution in [2.24, 2.45) is 0 Å². The Bertz CT molecular complexity index is 1810. The van der Waals surface area contributed by atoms with Gasteiger partial charge in [0.2, 0.25) is 0 Å². The fourth-order valence-electron chi connectivity index (χ4n) is 6.95. The molecule has 1 fully saturated rings. The number of hydrogen-bond acceptors (Lipinski definition) is 8. The number of ether oxygens (including phenoxy) is 1. The fraction of sp³-hybridized carbons (Fsp3) is 0.314. The van der Waals surface area contributed by atoms with Crippen LogP contribution in [0.15, 0.2) is 66.7 Å². The Morgan fingerprint density at radius 2 is 1.16 bits per heavy atom. The predicted octanol–water partition coefficient (Wildman–Crippen LogP) is 4.33. The van der Waals surface area contributed by atoms with Crippen molar-refractivity contribution in [3.63, 3.8) is 0 Å². The van der Waals surface area contributed by atoms with E-state index in [2.05, 4.69) is 15.5 Å². The maximum absolute atomic E-state index is 13.9. The Morgan fingerprint density at radius 3 is 1.69 bits per heavy atom. The third-order valence-corrected chi connectivity index (χ3v) is 9.14. The summed E-state index contributed by atoms with van der Waals surface area (Å²) in [5.74, 6) is -1.47. The maximum Gasteiger partial charge on any atom is 0.262 e. The zero-order valence-electron chi connectivity index (χ0n) is 25.5. The van der Waals surface area contributed by atoms with Gasteiger partial charge in [-0.3, -0.25) is 39.6 Å². The molecule has 7 rings (SSSR count). The summed E-state index contributed by atoms with van der Waals surface area (Å²) >= 11 is 0. The van der Waals surface area contributed by atoms with Crippen LogP contribution in [0.2, 0.25) is 0 Å². The van der Waals surface area contributed by atoms with Crippen LogP contribution < -0.4 is 15.5 Å². The van der Waals surface area contributed by atoms with Crippen molar-refractivity contribution in [2.45, 2.75) is 45.7 Å². The van der Waals surface area contributed by atoms with Crippen molar-refractivity contribution in [2.75, 3.05) is 31.2 Å². The molecule has 0 aromatic heterocycles. The summed E-state index contributed by atoms with van der Waals surface area (Å²) in [6.07, 6.45) is -1.22. The quantitative estimate of drug-likeness (QED) is 0.226. The molecule has 3 aliphatic rings. The minimum absolute atomic E-state index is 0.366. The summed E-state index contributed by atoms with van der Waals surface area (Å²) in [4.78, 5) is 59.6. The minimum Gasteiger partial charge on any atom is -0.378 e. The highest BCUT2D eigenvalue weighted by atomic mass is 16.5. The highest BCUT2D eigenvalue weighted by Gasteiger charge is 2.39. The molecule has 0 bridgehead atoms. The van der Waals surface area contributed by atoms with E-state index in [0.29, 0.717) is 52.7 Å². The number of nitrogens with zero attached hydrogens (tertiary/aromatic N) is 3. The van der Waals surface area contributed by atoms with Crippen molar-refractivity contribution in [3.8, 4) is 0 Å². The van der Waals surface area contributed by atoms with Crippen LogP contribution >= 0.6 is 0 Å². The molecule has 10 heteroatoms. The van der Waals surface area contributed by atoms with E-state index in [1.807, 2.05) is 55.5 Å². The average molecular weight is 606 g/mol. The zero-order chi connectivity index (χ0) is 31.4. The Hall–Kier alpha value is -4.64. The van der Waals surface area contributed by atoms with Crippen molar-refractivity contribution >= 4 is 50.9 Å². The summed E-state index contributed by atoms with van der Waals surface area (Å²) in [6.45, 7) is 8.23. The number of morpholine rings is 1. The molecule has 3 atom stereocenters. The van der Waals surface area contributed by atoms with Gasteiger partial charge in [-0.2, -0.15) is 0 Å². The van der Waals surface area contributed by atoms with E-state index in [-0.39, 0.29) is 23.6 Å². The van der Waals surface area contributed by atoms with E-state index >= 15 is 0 Å². The molecule has 0 radical (unpaired) electrons. The van der Waals surface area contributed by atoms with Crippen molar-refractivity contribution in [3.05, 3.63) is 89.0 Å². The normalized spacial score (nSPS) is 18.6. The van der Waals surface area contributed by atoms with Gasteiger partial charge < -0.3 is 9.64 Å². The Balaban J connectivity index is 1.11. The monoisotopic (exact) mass is 605 g/mol. The highest BCUT2D eigenvalue weighted by Crippen LogP contribution is 2.37. The van der Waals surface area contributed by atoms with Gasteiger partial charge in [-0.15, -0.1) is 0 Å². The first kappa shape index (κ1) is 29.1. The number of rotatable bonds is 8. The molecule has 1 saturated heterocycles. The van der Waals surface area contributed by atoms with Crippen LogP contribution in [0.4, 0.5) is 5.69 Å². The molecule has 4 amide bonds. The SMILES string of the molecule is CCC(NC(C)N1C(=O)c2cccc3cccc(c23)C1=O)NC(C)N1C(=O)c2cccc3c(N4CCOCC4)ccc(c23)C1=O. The number of anilines is 1. The molecular formula is C35H35N5O5. The lowest BCUT2D eigenvalue weighted by Crippen LogP contribution is -2.61. The van der Waals surface area contributed by atoms with Gasteiger partial charge >= 0.3 is 0 Å². The Kier molecular flexibility index (Phi) is 7.35. The van der Waals surface area contributed by atoms with E-state index in [9.17, 15) is 19.2 Å². The summed E-state index contributed by atoms with van der Waals surface area (Å²) in [5.41, 5.74) is 2.93. The first-order valence-electron chi connectivity index (χ1n) is 15.5. The number of amides is 4. The molecule has 4 aromatic carbocycles. The Morgan fingerprint density at radius 1 is 0.667 bits per heavy atom. The minimum atomic E-state index is -0.681. The third-order valence-electron chi connectivity index (χ3n) is 9.14. The van der Waals surface area contributed by atoms with Crippen LogP contribution in [0, 0.1) is 0 Å². The van der Waals surface area contributed by atoms with Gasteiger partial charge in [-0.1, -0.05) is 43.3 Å². The van der Waals surface area contributed by atoms with Gasteiger partial charge in [0.25, 0.3) is 23.6 Å². The Labute approximate surface area is 260 Å². The van der Waals surface area contributed by atoms with E-state index in [4.69, 9.17) is 4.74 Å². The van der Waals surface area contributed by atoms with Crippen LogP contribution in [0.3, 0.4) is 0 Å². The summed E-state index contributed by atoms with van der Waals surface area (Å²) in [6, 6.07) is 20.3. The first-order chi connectivity index (χ1) is 21.8. The standard InChI is InChI=1S/C35H35N5O5/c1-4-29(36-20(2)39-32(41)24-11-5-8-22-9-6-12-25(30(22)24)33(39)42)37-21(3)40-34(43)26-13-7-10-23-28(38-16-18-45-19-17-38)15-14-27(31(23)26)35(40)44/h5-15,20-21,29,36-37H,4,16-19H2,1-3H3. The molecular weight excluding hydrogens is 570 g/mol. The van der Waals surface area contributed by atoms with Crippen LogP contribution in [-0.4, -0.2) is 78.2 Å². The summed E-state index contributed by atoms with van der Waals surface area (Å²) in [7, 11) is 0. The van der Waals surface area contributed by atoms with Gasteiger partial charge in [0, 0.05) is 57.2 Å². The second kappa shape index (κ2) is 11.4. The van der Waals surface area contributed by atoms with Gasteiger partial charge in [-0.25, -0.2) is 0 Å². The van der Waals surface area contributed by atoms with Gasteiger partial charge in [-0.05, 0) is 56.0 Å². The first-order valence-corrected chi connectivity index (χ1v) is 15.5. The van der Waals surface area contributed by atoms with Crippen LogP contribution in [-0.2, 0) is 4.74 Å². The molecule has 3 aliphatic heterocycles. The average Bonchev–Trinajstić information content (AvgIpc) is 3.06. The van der Waals surface area contributed by atoms with Crippen LogP contribution in [0.5, 0.6) is 0 Å². The third kappa shape index (κ3) is 4.68. The van der Waals surface area contributed by atoms with Crippen LogP contribution in [0.25, 0.3) is 21.5 Å². The predicted molar refractivity (Wildman–Crippen MR) is 171 cm³/mol. The van der Waals surface area contributed by atoms with Crippen molar-refractivity contribution < 1.29 is 23.9 Å². The topological polar surface area (TPSA) is 111 Å². The zero-order valence-corrected chi connectivity index (χ0v) is 25.5. The highest BCUT2D eigenvalue weighted by molar-refractivity contribution is 6.27. The summed E-state index contributed by atoms with van der Waals surface area (Å²) < 4.78 is 5.52. The number of nitrogens with one attached hydrogen (secondary N) is 2. The second-order valence-corrected chi connectivity index (χ2v) is 11.8. The van der Waals surface area contributed by atoms with Gasteiger partial charge in [0.1, 0.15) is 0 Å². The van der Waals surface area contributed by atoms with Gasteiger partial charge in [0.05, 0.1) is 31.7 Å². The number of carbonyl (C=O) groups is 4. The lowest BCUT2D eigenvalue weighted by atomic mass is 9.92. The lowest BCUT2D eigenvalue weighted by Gasteiger charge is -2.38. The van der Waals surface area contributed by atoms with E-state index in [1.54, 1.807) is 32.0 Å². The molecule has 10 nitrogen and oxygen atoms in total. The molecule has 0 saturated carbocycles. The lowest BCUT2D eigenvalue weighted by molar-refractivity contribution is 0.0472. The van der Waals surface area contributed by atoms with Gasteiger partial charge in [0.15, 0.2) is 0 Å². The molecule has 3 unspecified atom stereocenters. The number of benzene rings is 4. The maximum atomic E-state index is 13.9.